The lowest BCUT2D eigenvalue weighted by Crippen LogP contribution is -1.89. The molecular formula is C16H22O4. The Balaban J connectivity index is 0.000000321. The van der Waals surface area contributed by atoms with Gasteiger partial charge in [-0.05, 0) is 38.1 Å². The molecule has 4 nitrogen and oxygen atoms in total. The highest BCUT2D eigenvalue weighted by Gasteiger charge is 1.84. The third-order valence-corrected chi connectivity index (χ3v) is 2.11. The fourth-order valence-electron chi connectivity index (χ4n) is 1.37. The molecule has 2 aromatic carbocycles. The van der Waals surface area contributed by atoms with Crippen LogP contribution in [0.2, 0.25) is 0 Å². The molecule has 2 aromatic rings. The number of hydrogen-bond donors (Lipinski definition) is 2. The Hall–Kier alpha value is -2.04. The van der Waals surface area contributed by atoms with Crippen molar-refractivity contribution in [1.82, 2.24) is 0 Å². The summed E-state index contributed by atoms with van der Waals surface area (Å²) in [6, 6.07) is 19.6. The Morgan fingerprint density at radius 2 is 0.950 bits per heavy atom. The van der Waals surface area contributed by atoms with Crippen molar-refractivity contribution in [1.29, 1.82) is 0 Å². The summed E-state index contributed by atoms with van der Waals surface area (Å²) in [5, 5.41) is 12.0. The molecule has 0 aromatic heterocycles. The van der Waals surface area contributed by atoms with Crippen LogP contribution in [0, 0.1) is 0 Å². The molecule has 0 saturated carbocycles. The smallest absolute Gasteiger partial charge is 0.119 e. The van der Waals surface area contributed by atoms with Gasteiger partial charge < -0.3 is 9.47 Å². The minimum atomic E-state index is 0.740. The summed E-state index contributed by atoms with van der Waals surface area (Å²) in [5.74, 6) is 1.89. The van der Waals surface area contributed by atoms with Crippen LogP contribution in [0.15, 0.2) is 60.7 Å². The SMILES string of the molecule is CCOc1ccccc1.CCOc1ccccc1.OO. The molecule has 0 unspecified atom stereocenters. The van der Waals surface area contributed by atoms with E-state index in [1.54, 1.807) is 0 Å². The maximum atomic E-state index is 6.00. The summed E-state index contributed by atoms with van der Waals surface area (Å²) in [5.41, 5.74) is 0. The Morgan fingerprint density at radius 1 is 0.650 bits per heavy atom. The average molecular weight is 278 g/mol. The van der Waals surface area contributed by atoms with Crippen molar-refractivity contribution in [3.63, 3.8) is 0 Å². The maximum Gasteiger partial charge on any atom is 0.119 e. The molecule has 0 aliphatic rings. The molecule has 110 valence electrons. The van der Waals surface area contributed by atoms with Crippen molar-refractivity contribution in [3.05, 3.63) is 60.7 Å². The summed E-state index contributed by atoms with van der Waals surface area (Å²) in [6.07, 6.45) is 0. The van der Waals surface area contributed by atoms with Crippen molar-refractivity contribution in [2.24, 2.45) is 0 Å². The van der Waals surface area contributed by atoms with Crippen LogP contribution in [-0.2, 0) is 0 Å². The van der Waals surface area contributed by atoms with Gasteiger partial charge in [-0.1, -0.05) is 36.4 Å². The second kappa shape index (κ2) is 13.4. The molecule has 0 amide bonds. The van der Waals surface area contributed by atoms with Crippen LogP contribution in [0.1, 0.15) is 13.8 Å². The van der Waals surface area contributed by atoms with E-state index in [9.17, 15) is 0 Å². The molecule has 0 heterocycles. The molecule has 0 saturated heterocycles. The van der Waals surface area contributed by atoms with Crippen molar-refractivity contribution in [2.75, 3.05) is 13.2 Å². The van der Waals surface area contributed by atoms with Crippen molar-refractivity contribution in [2.45, 2.75) is 13.8 Å². The Kier molecular flexibility index (Phi) is 12.0. The van der Waals surface area contributed by atoms with Crippen LogP contribution in [0.4, 0.5) is 0 Å². The fourth-order valence-corrected chi connectivity index (χ4v) is 1.37. The Bertz CT molecular complexity index is 362. The third-order valence-electron chi connectivity index (χ3n) is 2.11. The van der Waals surface area contributed by atoms with Crippen LogP contribution in [0.5, 0.6) is 11.5 Å². The van der Waals surface area contributed by atoms with Crippen LogP contribution < -0.4 is 9.47 Å². The Morgan fingerprint density at radius 3 is 1.20 bits per heavy atom. The van der Waals surface area contributed by atoms with Gasteiger partial charge in [0, 0.05) is 0 Å². The van der Waals surface area contributed by atoms with Crippen LogP contribution in [0.3, 0.4) is 0 Å². The molecule has 0 aliphatic carbocycles. The number of ether oxygens (including phenoxy) is 2. The van der Waals surface area contributed by atoms with Gasteiger partial charge in [-0.15, -0.1) is 0 Å². The number of rotatable bonds is 4. The van der Waals surface area contributed by atoms with Gasteiger partial charge in [-0.25, -0.2) is 0 Å². The predicted octanol–water partition coefficient (Wildman–Crippen LogP) is 4.19. The Labute approximate surface area is 120 Å². The zero-order valence-electron chi connectivity index (χ0n) is 11.9. The quantitative estimate of drug-likeness (QED) is 0.650. The minimum absolute atomic E-state index is 0.740. The van der Waals surface area contributed by atoms with Gasteiger partial charge >= 0.3 is 0 Å². The lowest BCUT2D eigenvalue weighted by Gasteiger charge is -1.99. The zero-order chi connectivity index (χ0) is 15.1. The van der Waals surface area contributed by atoms with Gasteiger partial charge in [0.2, 0.25) is 0 Å². The highest BCUT2D eigenvalue weighted by atomic mass is 17.0. The van der Waals surface area contributed by atoms with Crippen LogP contribution in [0.25, 0.3) is 0 Å². The van der Waals surface area contributed by atoms with Gasteiger partial charge in [-0.2, -0.15) is 0 Å². The van der Waals surface area contributed by atoms with Crippen LogP contribution >= 0.6 is 0 Å². The summed E-state index contributed by atoms with van der Waals surface area (Å²) >= 11 is 0. The second-order valence-electron chi connectivity index (χ2n) is 3.49. The first-order chi connectivity index (χ1) is 9.86. The second-order valence-corrected chi connectivity index (χ2v) is 3.49. The van der Waals surface area contributed by atoms with Gasteiger partial charge in [0.05, 0.1) is 13.2 Å². The largest absolute Gasteiger partial charge is 0.494 e. The lowest BCUT2D eigenvalue weighted by molar-refractivity contribution is -0.176. The monoisotopic (exact) mass is 278 g/mol. The van der Waals surface area contributed by atoms with E-state index < -0.39 is 0 Å². The lowest BCUT2D eigenvalue weighted by atomic mass is 10.3. The molecule has 4 heteroatoms. The van der Waals surface area contributed by atoms with Crippen molar-refractivity contribution >= 4 is 0 Å². The van der Waals surface area contributed by atoms with E-state index in [1.807, 2.05) is 74.5 Å². The van der Waals surface area contributed by atoms with Gasteiger partial charge in [0.25, 0.3) is 0 Å². The van der Waals surface area contributed by atoms with Crippen molar-refractivity contribution in [3.8, 4) is 11.5 Å². The van der Waals surface area contributed by atoms with E-state index >= 15 is 0 Å². The molecule has 0 fully saturated rings. The summed E-state index contributed by atoms with van der Waals surface area (Å²) in [4.78, 5) is 0. The van der Waals surface area contributed by atoms with Gasteiger partial charge in [-0.3, -0.25) is 10.5 Å². The highest BCUT2D eigenvalue weighted by Crippen LogP contribution is 2.07. The van der Waals surface area contributed by atoms with E-state index in [0.29, 0.717) is 0 Å². The highest BCUT2D eigenvalue weighted by molar-refractivity contribution is 5.21. The number of benzene rings is 2. The van der Waals surface area contributed by atoms with E-state index in [4.69, 9.17) is 20.0 Å². The van der Waals surface area contributed by atoms with E-state index in [0.717, 1.165) is 24.7 Å². The topological polar surface area (TPSA) is 58.9 Å². The third kappa shape index (κ3) is 8.97. The molecule has 0 bridgehead atoms. The molecule has 0 atom stereocenters. The molecular weight excluding hydrogens is 256 g/mol. The van der Waals surface area contributed by atoms with Crippen LogP contribution in [-0.4, -0.2) is 23.7 Å². The normalized spacial score (nSPS) is 8.40. The standard InChI is InChI=1S/2C8H10O.H2O2/c2*1-2-9-8-6-4-3-5-7-8;1-2/h2*3-7H,2H2,1H3;1-2H. The first kappa shape index (κ1) is 18.0. The maximum absolute atomic E-state index is 6.00. The predicted molar refractivity (Wildman–Crippen MR) is 80.5 cm³/mol. The fraction of sp³-hybridized carbons (Fsp3) is 0.250. The first-order valence-electron chi connectivity index (χ1n) is 6.42. The van der Waals surface area contributed by atoms with E-state index in [-0.39, 0.29) is 0 Å². The zero-order valence-corrected chi connectivity index (χ0v) is 11.9. The first-order valence-corrected chi connectivity index (χ1v) is 6.42. The summed E-state index contributed by atoms with van der Waals surface area (Å²) < 4.78 is 10.4. The minimum Gasteiger partial charge on any atom is -0.494 e. The average Bonchev–Trinajstić information content (AvgIpc) is 2.53. The molecule has 0 radical (unpaired) electrons. The molecule has 0 aliphatic heterocycles. The summed E-state index contributed by atoms with van der Waals surface area (Å²) in [6.45, 7) is 5.44. The number of hydrogen-bond acceptors (Lipinski definition) is 4. The molecule has 2 N–H and O–H groups in total. The van der Waals surface area contributed by atoms with Gasteiger partial charge in [0.1, 0.15) is 11.5 Å². The molecule has 2 rings (SSSR count). The molecule has 0 spiro atoms. The summed E-state index contributed by atoms with van der Waals surface area (Å²) in [7, 11) is 0. The number of para-hydroxylation sites is 2. The molecule has 20 heavy (non-hydrogen) atoms. The van der Waals surface area contributed by atoms with Crippen molar-refractivity contribution < 1.29 is 20.0 Å². The van der Waals surface area contributed by atoms with E-state index in [2.05, 4.69) is 0 Å². The van der Waals surface area contributed by atoms with E-state index in [1.165, 1.54) is 0 Å². The van der Waals surface area contributed by atoms with Gasteiger partial charge in [0.15, 0.2) is 0 Å².